The molecule has 0 bridgehead atoms. The first-order valence-electron chi connectivity index (χ1n) is 10.3. The summed E-state index contributed by atoms with van der Waals surface area (Å²) in [7, 11) is 0. The van der Waals surface area contributed by atoms with Crippen LogP contribution in [0.1, 0.15) is 29.9 Å². The van der Waals surface area contributed by atoms with E-state index in [0.717, 1.165) is 50.4 Å². The Morgan fingerprint density at radius 2 is 1.62 bits per heavy atom. The summed E-state index contributed by atoms with van der Waals surface area (Å²) >= 11 is 0. The second kappa shape index (κ2) is 8.66. The zero-order valence-corrected chi connectivity index (χ0v) is 16.6. The largest absolute Gasteiger partial charge is 0.399 e. The number of benzene rings is 2. The van der Waals surface area contributed by atoms with E-state index in [4.69, 9.17) is 5.73 Å². The van der Waals surface area contributed by atoms with Crippen LogP contribution in [0.5, 0.6) is 0 Å². The Hall–Kier alpha value is -2.86. The Kier molecular flexibility index (Phi) is 5.81. The van der Waals surface area contributed by atoms with Gasteiger partial charge in [0.1, 0.15) is 0 Å². The zero-order valence-electron chi connectivity index (χ0n) is 16.6. The van der Waals surface area contributed by atoms with Gasteiger partial charge in [-0.2, -0.15) is 0 Å². The van der Waals surface area contributed by atoms with Crippen LogP contribution in [-0.2, 0) is 16.0 Å². The van der Waals surface area contributed by atoms with Gasteiger partial charge < -0.3 is 10.6 Å². The number of carbonyl (C=O) groups is 2. The molecule has 6 heteroatoms. The molecule has 2 saturated heterocycles. The highest BCUT2D eigenvalue weighted by Gasteiger charge is 2.27. The van der Waals surface area contributed by atoms with Gasteiger partial charge in [0.2, 0.25) is 11.8 Å². The highest BCUT2D eigenvalue weighted by atomic mass is 16.2. The zero-order chi connectivity index (χ0) is 20.2. The summed E-state index contributed by atoms with van der Waals surface area (Å²) in [6.07, 6.45) is 2.01. The van der Waals surface area contributed by atoms with E-state index in [1.165, 1.54) is 11.3 Å². The standard InChI is InChI=1S/C23H28N4O2/c24-19-5-7-20(8-6-19)27-15-13-26(14-16-27)12-11-17-1-3-18(4-2-17)21-9-10-22(28)25-23(21)29/h1-8,21H,9-16,24H2,(H,25,28,29). The van der Waals surface area contributed by atoms with Crippen molar-refractivity contribution in [3.63, 3.8) is 0 Å². The molecule has 152 valence electrons. The second-order valence-electron chi connectivity index (χ2n) is 7.92. The maximum atomic E-state index is 12.0. The Labute approximate surface area is 171 Å². The Bertz CT molecular complexity index is 855. The van der Waals surface area contributed by atoms with Crippen molar-refractivity contribution in [1.29, 1.82) is 0 Å². The molecule has 2 amide bonds. The van der Waals surface area contributed by atoms with Crippen molar-refractivity contribution in [1.82, 2.24) is 10.2 Å². The predicted molar refractivity (Wildman–Crippen MR) is 115 cm³/mol. The van der Waals surface area contributed by atoms with Crippen molar-refractivity contribution in [3.05, 3.63) is 59.7 Å². The molecule has 2 heterocycles. The van der Waals surface area contributed by atoms with E-state index >= 15 is 0 Å². The van der Waals surface area contributed by atoms with Crippen molar-refractivity contribution in [2.45, 2.75) is 25.2 Å². The minimum atomic E-state index is -0.205. The van der Waals surface area contributed by atoms with Gasteiger partial charge in [0, 0.05) is 50.5 Å². The molecular weight excluding hydrogens is 364 g/mol. The number of piperidine rings is 1. The summed E-state index contributed by atoms with van der Waals surface area (Å²) in [6.45, 7) is 5.20. The second-order valence-corrected chi connectivity index (χ2v) is 7.92. The number of carbonyl (C=O) groups excluding carboxylic acids is 2. The first-order valence-corrected chi connectivity index (χ1v) is 10.3. The van der Waals surface area contributed by atoms with Crippen molar-refractivity contribution in [2.75, 3.05) is 43.4 Å². The molecule has 0 radical (unpaired) electrons. The van der Waals surface area contributed by atoms with Crippen LogP contribution >= 0.6 is 0 Å². The maximum Gasteiger partial charge on any atom is 0.234 e. The summed E-state index contributed by atoms with van der Waals surface area (Å²) in [4.78, 5) is 28.2. The van der Waals surface area contributed by atoms with Crippen LogP contribution in [0.4, 0.5) is 11.4 Å². The van der Waals surface area contributed by atoms with Crippen LogP contribution in [0.15, 0.2) is 48.5 Å². The number of nitrogens with zero attached hydrogens (tertiary/aromatic N) is 2. The van der Waals surface area contributed by atoms with Crippen LogP contribution in [0.2, 0.25) is 0 Å². The quantitative estimate of drug-likeness (QED) is 0.602. The topological polar surface area (TPSA) is 78.7 Å². The third-order valence-electron chi connectivity index (χ3n) is 5.97. The summed E-state index contributed by atoms with van der Waals surface area (Å²) in [5.74, 6) is -0.546. The van der Waals surface area contributed by atoms with Gasteiger partial charge in [0.25, 0.3) is 0 Å². The van der Waals surface area contributed by atoms with E-state index < -0.39 is 0 Å². The van der Waals surface area contributed by atoms with E-state index in [0.29, 0.717) is 12.8 Å². The fourth-order valence-corrected chi connectivity index (χ4v) is 4.13. The molecule has 0 aromatic heterocycles. The van der Waals surface area contributed by atoms with Gasteiger partial charge in [-0.25, -0.2) is 0 Å². The monoisotopic (exact) mass is 392 g/mol. The highest BCUT2D eigenvalue weighted by Crippen LogP contribution is 2.25. The van der Waals surface area contributed by atoms with Crippen molar-refractivity contribution in [3.8, 4) is 0 Å². The highest BCUT2D eigenvalue weighted by molar-refractivity contribution is 6.00. The molecular formula is C23H28N4O2. The van der Waals surface area contributed by atoms with Gasteiger partial charge in [-0.3, -0.25) is 19.8 Å². The number of nitrogen functional groups attached to an aromatic ring is 1. The van der Waals surface area contributed by atoms with Gasteiger partial charge in [0.15, 0.2) is 0 Å². The third kappa shape index (κ3) is 4.77. The number of hydrogen-bond acceptors (Lipinski definition) is 5. The first-order chi connectivity index (χ1) is 14.1. The lowest BCUT2D eigenvalue weighted by molar-refractivity contribution is -0.134. The van der Waals surface area contributed by atoms with E-state index in [2.05, 4.69) is 39.4 Å². The van der Waals surface area contributed by atoms with Crippen LogP contribution in [0.25, 0.3) is 0 Å². The van der Waals surface area contributed by atoms with Gasteiger partial charge in [0.05, 0.1) is 5.92 Å². The van der Waals surface area contributed by atoms with Crippen LogP contribution < -0.4 is 16.0 Å². The smallest absolute Gasteiger partial charge is 0.234 e. The van der Waals surface area contributed by atoms with Crippen molar-refractivity contribution >= 4 is 23.2 Å². The Morgan fingerprint density at radius 3 is 2.28 bits per heavy atom. The number of nitrogens with one attached hydrogen (secondary N) is 1. The fourth-order valence-electron chi connectivity index (χ4n) is 4.13. The van der Waals surface area contributed by atoms with Crippen LogP contribution in [0.3, 0.4) is 0 Å². The molecule has 0 spiro atoms. The molecule has 6 nitrogen and oxygen atoms in total. The average molecular weight is 393 g/mol. The number of piperazine rings is 1. The van der Waals surface area contributed by atoms with Gasteiger partial charge in [-0.1, -0.05) is 24.3 Å². The lowest BCUT2D eigenvalue weighted by Crippen LogP contribution is -2.47. The average Bonchev–Trinajstić information content (AvgIpc) is 2.74. The number of hydrogen-bond donors (Lipinski definition) is 2. The molecule has 1 atom stereocenters. The minimum Gasteiger partial charge on any atom is -0.399 e. The third-order valence-corrected chi connectivity index (χ3v) is 5.97. The molecule has 2 aliphatic heterocycles. The Balaban J connectivity index is 1.25. The normalized spacial score (nSPS) is 20.6. The molecule has 29 heavy (non-hydrogen) atoms. The SMILES string of the molecule is Nc1ccc(N2CCN(CCc3ccc(C4CCC(=O)NC4=O)cc3)CC2)cc1. The van der Waals surface area contributed by atoms with Crippen LogP contribution in [0, 0.1) is 0 Å². The molecule has 2 aliphatic rings. The maximum absolute atomic E-state index is 12.0. The molecule has 2 aromatic rings. The molecule has 4 rings (SSSR count). The summed E-state index contributed by atoms with van der Waals surface area (Å²) in [5.41, 5.74) is 10.1. The minimum absolute atomic E-state index is 0.167. The number of nitrogens with two attached hydrogens (primary N) is 1. The van der Waals surface area contributed by atoms with Crippen molar-refractivity contribution < 1.29 is 9.59 Å². The fraction of sp³-hybridized carbons (Fsp3) is 0.391. The Morgan fingerprint density at radius 1 is 0.931 bits per heavy atom. The van der Waals surface area contributed by atoms with E-state index in [1.54, 1.807) is 0 Å². The molecule has 1 unspecified atom stereocenters. The van der Waals surface area contributed by atoms with E-state index in [1.807, 2.05) is 24.3 Å². The number of imide groups is 1. The van der Waals surface area contributed by atoms with Crippen LogP contribution in [-0.4, -0.2) is 49.4 Å². The van der Waals surface area contributed by atoms with E-state index in [9.17, 15) is 9.59 Å². The number of anilines is 2. The predicted octanol–water partition coefficient (Wildman–Crippen LogP) is 2.15. The molecule has 0 saturated carbocycles. The summed E-state index contributed by atoms with van der Waals surface area (Å²) < 4.78 is 0. The molecule has 2 aromatic carbocycles. The molecule has 3 N–H and O–H groups in total. The summed E-state index contributed by atoms with van der Waals surface area (Å²) in [6, 6.07) is 16.4. The lowest BCUT2D eigenvalue weighted by atomic mass is 9.90. The van der Waals surface area contributed by atoms with Gasteiger partial charge in [-0.05, 0) is 48.2 Å². The molecule has 0 aliphatic carbocycles. The van der Waals surface area contributed by atoms with Gasteiger partial charge in [-0.15, -0.1) is 0 Å². The van der Waals surface area contributed by atoms with Crippen molar-refractivity contribution in [2.24, 2.45) is 0 Å². The molecule has 2 fully saturated rings. The van der Waals surface area contributed by atoms with E-state index in [-0.39, 0.29) is 17.7 Å². The first kappa shape index (κ1) is 19.5. The van der Waals surface area contributed by atoms with Gasteiger partial charge >= 0.3 is 0 Å². The number of rotatable bonds is 5. The number of amides is 2. The summed E-state index contributed by atoms with van der Waals surface area (Å²) in [5, 5.41) is 2.43. The lowest BCUT2D eigenvalue weighted by Gasteiger charge is -2.36.